The Bertz CT molecular complexity index is 592. The van der Waals surface area contributed by atoms with Gasteiger partial charge in [0.05, 0.1) is 7.11 Å². The molecule has 0 unspecified atom stereocenters. The lowest BCUT2D eigenvalue weighted by Crippen LogP contribution is -2.05. The quantitative estimate of drug-likeness (QED) is 0.847. The molecule has 6 heteroatoms. The summed E-state index contributed by atoms with van der Waals surface area (Å²) in [7, 11) is 1.58. The second-order valence-corrected chi connectivity index (χ2v) is 4.82. The van der Waals surface area contributed by atoms with Gasteiger partial charge in [-0.1, -0.05) is 0 Å². The second kappa shape index (κ2) is 5.88. The summed E-state index contributed by atoms with van der Waals surface area (Å²) >= 11 is 3.16. The molecule has 0 bridgehead atoms. The third kappa shape index (κ3) is 3.35. The molecule has 19 heavy (non-hydrogen) atoms. The minimum atomic E-state index is -0.419. The van der Waals surface area contributed by atoms with E-state index in [1.54, 1.807) is 25.3 Å². The fourth-order valence-corrected chi connectivity index (χ4v) is 1.96. The summed E-state index contributed by atoms with van der Waals surface area (Å²) in [6.07, 6.45) is 1.53. The van der Waals surface area contributed by atoms with Gasteiger partial charge < -0.3 is 15.8 Å². The molecule has 0 saturated heterocycles. The van der Waals surface area contributed by atoms with Crippen LogP contribution in [-0.4, -0.2) is 12.1 Å². The van der Waals surface area contributed by atoms with Crippen LogP contribution in [0.15, 0.2) is 34.9 Å². The second-order valence-electron chi connectivity index (χ2n) is 3.91. The highest BCUT2D eigenvalue weighted by Gasteiger charge is 2.07. The topological polar surface area (TPSA) is 60.2 Å². The average Bonchev–Trinajstić information content (AvgIpc) is 2.38. The van der Waals surface area contributed by atoms with E-state index in [0.29, 0.717) is 22.5 Å². The van der Waals surface area contributed by atoms with Gasteiger partial charge in [-0.05, 0) is 40.2 Å². The number of methoxy groups -OCH3 is 1. The predicted octanol–water partition coefficient (Wildman–Crippen LogP) is 3.19. The predicted molar refractivity (Wildman–Crippen MR) is 76.6 cm³/mol. The molecule has 0 aliphatic heterocycles. The zero-order chi connectivity index (χ0) is 13.8. The smallest absolute Gasteiger partial charge is 0.166 e. The Morgan fingerprint density at radius 1 is 1.42 bits per heavy atom. The number of hydrogen-bond acceptors (Lipinski definition) is 4. The van der Waals surface area contributed by atoms with Crippen LogP contribution in [0.1, 0.15) is 5.56 Å². The summed E-state index contributed by atoms with van der Waals surface area (Å²) in [6, 6.07) is 6.66. The lowest BCUT2D eigenvalue weighted by molar-refractivity contribution is 0.410. The number of nitrogens with zero attached hydrogens (tertiary/aromatic N) is 1. The molecule has 0 aliphatic carbocycles. The molecule has 0 saturated carbocycles. The SMILES string of the molecule is COc1ccc(N)cc1CNc1ncc(Br)cc1F. The van der Waals surface area contributed by atoms with Crippen molar-refractivity contribution in [2.45, 2.75) is 6.54 Å². The first-order valence-corrected chi connectivity index (χ1v) is 6.36. The summed E-state index contributed by atoms with van der Waals surface area (Å²) in [6.45, 7) is 0.375. The minimum absolute atomic E-state index is 0.188. The maximum absolute atomic E-state index is 13.6. The molecule has 0 spiro atoms. The van der Waals surface area contributed by atoms with Gasteiger partial charge in [0.25, 0.3) is 0 Å². The molecule has 3 N–H and O–H groups in total. The number of hydrogen-bond donors (Lipinski definition) is 2. The Morgan fingerprint density at radius 2 is 2.21 bits per heavy atom. The highest BCUT2D eigenvalue weighted by atomic mass is 79.9. The van der Waals surface area contributed by atoms with Crippen molar-refractivity contribution in [3.63, 3.8) is 0 Å². The van der Waals surface area contributed by atoms with E-state index in [-0.39, 0.29) is 5.82 Å². The van der Waals surface area contributed by atoms with Gasteiger partial charge in [0.15, 0.2) is 11.6 Å². The number of nitrogen functional groups attached to an aromatic ring is 1. The van der Waals surface area contributed by atoms with E-state index in [1.165, 1.54) is 12.3 Å². The third-order valence-corrected chi connectivity index (χ3v) is 2.99. The summed E-state index contributed by atoms with van der Waals surface area (Å²) in [5.41, 5.74) is 7.19. The summed E-state index contributed by atoms with van der Waals surface area (Å²) in [4.78, 5) is 3.97. The number of aromatic nitrogens is 1. The van der Waals surface area contributed by atoms with Crippen LogP contribution in [0.4, 0.5) is 15.9 Å². The monoisotopic (exact) mass is 325 g/mol. The van der Waals surface area contributed by atoms with Crippen molar-refractivity contribution < 1.29 is 9.13 Å². The lowest BCUT2D eigenvalue weighted by atomic mass is 10.1. The van der Waals surface area contributed by atoms with Crippen LogP contribution in [-0.2, 0) is 6.54 Å². The number of nitrogens with two attached hydrogens (primary N) is 1. The lowest BCUT2D eigenvalue weighted by Gasteiger charge is -2.11. The van der Waals surface area contributed by atoms with Crippen LogP contribution in [0.2, 0.25) is 0 Å². The summed E-state index contributed by atoms with van der Waals surface area (Å²) in [5.74, 6) is 0.462. The Kier molecular flexibility index (Phi) is 4.21. The Hall–Kier alpha value is -1.82. The normalized spacial score (nSPS) is 10.3. The van der Waals surface area contributed by atoms with Gasteiger partial charge in [-0.25, -0.2) is 9.37 Å². The van der Waals surface area contributed by atoms with Crippen molar-refractivity contribution in [1.29, 1.82) is 0 Å². The number of rotatable bonds is 4. The zero-order valence-corrected chi connectivity index (χ0v) is 11.9. The molecule has 100 valence electrons. The van der Waals surface area contributed by atoms with Crippen LogP contribution in [0, 0.1) is 5.82 Å². The molecule has 1 heterocycles. The van der Waals surface area contributed by atoms with E-state index >= 15 is 0 Å². The van der Waals surface area contributed by atoms with E-state index < -0.39 is 5.82 Å². The van der Waals surface area contributed by atoms with E-state index in [2.05, 4.69) is 26.2 Å². The van der Waals surface area contributed by atoms with E-state index in [0.717, 1.165) is 5.56 Å². The van der Waals surface area contributed by atoms with Gasteiger partial charge >= 0.3 is 0 Å². The van der Waals surface area contributed by atoms with Crippen molar-refractivity contribution in [3.05, 3.63) is 46.3 Å². The number of ether oxygens (including phenoxy) is 1. The van der Waals surface area contributed by atoms with Crippen LogP contribution in [0.5, 0.6) is 5.75 Å². The third-order valence-electron chi connectivity index (χ3n) is 2.56. The van der Waals surface area contributed by atoms with Crippen molar-refractivity contribution >= 4 is 27.4 Å². The number of nitrogens with one attached hydrogen (secondary N) is 1. The molecule has 1 aromatic carbocycles. The van der Waals surface area contributed by atoms with Gasteiger partial charge in [-0.15, -0.1) is 0 Å². The number of benzene rings is 1. The fourth-order valence-electron chi connectivity index (χ4n) is 1.66. The van der Waals surface area contributed by atoms with Crippen LogP contribution < -0.4 is 15.8 Å². The average molecular weight is 326 g/mol. The molecule has 0 fully saturated rings. The van der Waals surface area contributed by atoms with E-state index in [4.69, 9.17) is 10.5 Å². The Labute approximate surface area is 118 Å². The van der Waals surface area contributed by atoms with Gasteiger partial charge in [0.1, 0.15) is 5.75 Å². The van der Waals surface area contributed by atoms with Crippen molar-refractivity contribution in [2.75, 3.05) is 18.2 Å². The molecule has 0 aliphatic rings. The van der Waals surface area contributed by atoms with Crippen molar-refractivity contribution in [1.82, 2.24) is 4.98 Å². The fraction of sp³-hybridized carbons (Fsp3) is 0.154. The first-order valence-electron chi connectivity index (χ1n) is 5.57. The molecule has 2 aromatic rings. The molecule has 2 rings (SSSR count). The summed E-state index contributed by atoms with van der Waals surface area (Å²) < 4.78 is 19.4. The molecular formula is C13H13BrFN3O. The first-order chi connectivity index (χ1) is 9.10. The molecule has 4 nitrogen and oxygen atoms in total. The van der Waals surface area contributed by atoms with Crippen molar-refractivity contribution in [3.8, 4) is 5.75 Å². The van der Waals surface area contributed by atoms with Crippen LogP contribution >= 0.6 is 15.9 Å². The largest absolute Gasteiger partial charge is 0.496 e. The maximum Gasteiger partial charge on any atom is 0.166 e. The number of halogens is 2. The van der Waals surface area contributed by atoms with Gasteiger partial charge in [0.2, 0.25) is 0 Å². The van der Waals surface area contributed by atoms with Crippen LogP contribution in [0.3, 0.4) is 0 Å². The first kappa shape index (κ1) is 13.6. The van der Waals surface area contributed by atoms with Gasteiger partial charge in [-0.2, -0.15) is 0 Å². The van der Waals surface area contributed by atoms with Crippen LogP contribution in [0.25, 0.3) is 0 Å². The highest BCUT2D eigenvalue weighted by Crippen LogP contribution is 2.23. The highest BCUT2D eigenvalue weighted by molar-refractivity contribution is 9.10. The molecule has 0 amide bonds. The molecular weight excluding hydrogens is 313 g/mol. The van der Waals surface area contributed by atoms with Gasteiger partial charge in [-0.3, -0.25) is 0 Å². The summed E-state index contributed by atoms with van der Waals surface area (Å²) in [5, 5.41) is 2.92. The molecule has 1 aromatic heterocycles. The molecule has 0 radical (unpaired) electrons. The number of pyridine rings is 1. The van der Waals surface area contributed by atoms with E-state index in [9.17, 15) is 4.39 Å². The Morgan fingerprint density at radius 3 is 2.89 bits per heavy atom. The standard InChI is InChI=1S/C13H13BrFN3O/c1-19-12-3-2-10(16)4-8(12)6-17-13-11(15)5-9(14)7-18-13/h2-5,7H,6,16H2,1H3,(H,17,18). The minimum Gasteiger partial charge on any atom is -0.496 e. The maximum atomic E-state index is 13.6. The van der Waals surface area contributed by atoms with E-state index in [1.807, 2.05) is 0 Å². The van der Waals surface area contributed by atoms with Gasteiger partial charge in [0, 0.05) is 28.5 Å². The van der Waals surface area contributed by atoms with Crippen molar-refractivity contribution in [2.24, 2.45) is 0 Å². The Balaban J connectivity index is 2.16. The zero-order valence-electron chi connectivity index (χ0n) is 10.3. The molecule has 0 atom stereocenters. The number of anilines is 2.